The van der Waals surface area contributed by atoms with E-state index in [0.717, 1.165) is 16.8 Å². The van der Waals surface area contributed by atoms with Crippen molar-refractivity contribution in [3.63, 3.8) is 0 Å². The van der Waals surface area contributed by atoms with E-state index in [0.29, 0.717) is 6.61 Å². The normalized spacial score (nSPS) is 10.5. The molecule has 0 N–H and O–H groups in total. The number of nitrogens with zero attached hydrogens (tertiary/aromatic N) is 1. The smallest absolute Gasteiger partial charge is 0.130 e. The van der Waals surface area contributed by atoms with Crippen molar-refractivity contribution in [3.05, 3.63) is 42.2 Å². The second-order valence-corrected chi connectivity index (χ2v) is 2.98. The molecule has 2 rings (SSSR count). The minimum atomic E-state index is 0.324. The number of rotatable bonds is 4. The minimum Gasteiger partial charge on any atom is -0.364 e. The molecule has 0 unspecified atom stereocenters. The molecule has 1 aromatic heterocycles. The van der Waals surface area contributed by atoms with Gasteiger partial charge in [-0.05, 0) is 0 Å². The van der Waals surface area contributed by atoms with Crippen LogP contribution in [-0.2, 0) is 16.4 Å². The average Bonchev–Trinajstić information content (AvgIpc) is 2.75. The third kappa shape index (κ3) is 2.23. The summed E-state index contributed by atoms with van der Waals surface area (Å²) in [5.41, 5.74) is 2.65. The van der Waals surface area contributed by atoms with Crippen molar-refractivity contribution in [1.82, 2.24) is 5.16 Å². The van der Waals surface area contributed by atoms with E-state index >= 15 is 0 Å². The molecule has 0 saturated carbocycles. The van der Waals surface area contributed by atoms with Gasteiger partial charge in [-0.15, -0.1) is 0 Å². The Hall–Kier alpha value is -1.65. The van der Waals surface area contributed by atoms with Gasteiger partial charge < -0.3 is 4.52 Å². The first-order valence-corrected chi connectivity index (χ1v) is 4.56. The summed E-state index contributed by atoms with van der Waals surface area (Å²) < 4.78 is 4.91. The van der Waals surface area contributed by atoms with E-state index in [1.807, 2.05) is 30.3 Å². The van der Waals surface area contributed by atoms with Gasteiger partial charge >= 0.3 is 0 Å². The molecule has 0 saturated heterocycles. The van der Waals surface area contributed by atoms with Gasteiger partial charge in [-0.2, -0.15) is 0 Å². The average molecular weight is 205 g/mol. The van der Waals surface area contributed by atoms with Crippen molar-refractivity contribution in [3.8, 4) is 11.3 Å². The lowest BCUT2D eigenvalue weighted by molar-refractivity contribution is -0.282. The molecule has 0 aliphatic rings. The molecule has 4 nitrogen and oxygen atoms in total. The Balaban J connectivity index is 2.25. The van der Waals surface area contributed by atoms with Crippen LogP contribution in [0.3, 0.4) is 0 Å². The maximum atomic E-state index is 4.91. The zero-order chi connectivity index (χ0) is 10.5. The van der Waals surface area contributed by atoms with Gasteiger partial charge in [-0.25, -0.2) is 9.78 Å². The molecule has 1 aromatic carbocycles. The van der Waals surface area contributed by atoms with E-state index in [1.165, 1.54) is 7.11 Å². The highest BCUT2D eigenvalue weighted by atomic mass is 17.2. The predicted octanol–water partition coefficient (Wildman–Crippen LogP) is 2.42. The van der Waals surface area contributed by atoms with Gasteiger partial charge in [0.25, 0.3) is 0 Å². The zero-order valence-corrected chi connectivity index (χ0v) is 8.34. The first-order chi connectivity index (χ1) is 7.42. The van der Waals surface area contributed by atoms with Crippen LogP contribution in [0, 0.1) is 0 Å². The second kappa shape index (κ2) is 4.72. The topological polar surface area (TPSA) is 44.5 Å². The molecule has 0 aliphatic carbocycles. The highest BCUT2D eigenvalue weighted by molar-refractivity contribution is 5.61. The summed E-state index contributed by atoms with van der Waals surface area (Å²) in [5.74, 6) is 0. The van der Waals surface area contributed by atoms with Crippen molar-refractivity contribution in [1.29, 1.82) is 0 Å². The standard InChI is InChI=1S/C11H11NO3/c1-13-15-8-10-7-14-12-11(10)9-5-3-2-4-6-9/h2-7H,8H2,1H3. The van der Waals surface area contributed by atoms with E-state index in [1.54, 1.807) is 6.26 Å². The minimum absolute atomic E-state index is 0.324. The Kier molecular flexibility index (Phi) is 3.11. The molecule has 2 aromatic rings. The Morgan fingerprint density at radius 1 is 1.27 bits per heavy atom. The number of aromatic nitrogens is 1. The highest BCUT2D eigenvalue weighted by Crippen LogP contribution is 2.22. The monoisotopic (exact) mass is 205 g/mol. The molecule has 0 aliphatic heterocycles. The van der Waals surface area contributed by atoms with Crippen molar-refractivity contribution in [2.24, 2.45) is 0 Å². The van der Waals surface area contributed by atoms with E-state index in [4.69, 9.17) is 9.41 Å². The molecule has 0 radical (unpaired) electrons. The summed E-state index contributed by atoms with van der Waals surface area (Å²) in [5, 5.41) is 3.93. The summed E-state index contributed by atoms with van der Waals surface area (Å²) >= 11 is 0. The van der Waals surface area contributed by atoms with Crippen molar-refractivity contribution in [2.45, 2.75) is 6.61 Å². The van der Waals surface area contributed by atoms with E-state index in [-0.39, 0.29) is 0 Å². The van der Waals surface area contributed by atoms with Crippen LogP contribution in [0.4, 0.5) is 0 Å². The third-order valence-electron chi connectivity index (χ3n) is 2.02. The summed E-state index contributed by atoms with van der Waals surface area (Å²) in [6, 6.07) is 9.78. The van der Waals surface area contributed by atoms with Crippen LogP contribution in [0.25, 0.3) is 11.3 Å². The van der Waals surface area contributed by atoms with Crippen LogP contribution in [0.5, 0.6) is 0 Å². The summed E-state index contributed by atoms with van der Waals surface area (Å²) in [6.45, 7) is 0.324. The van der Waals surface area contributed by atoms with Crippen LogP contribution in [0.2, 0.25) is 0 Å². The number of benzene rings is 1. The van der Waals surface area contributed by atoms with Crippen molar-refractivity contribution in [2.75, 3.05) is 7.11 Å². The lowest BCUT2D eigenvalue weighted by atomic mass is 10.1. The lowest BCUT2D eigenvalue weighted by Gasteiger charge is -2.00. The van der Waals surface area contributed by atoms with Gasteiger partial charge in [0, 0.05) is 11.1 Å². The van der Waals surface area contributed by atoms with Crippen LogP contribution < -0.4 is 0 Å². The Morgan fingerprint density at radius 2 is 2.07 bits per heavy atom. The molecule has 0 fully saturated rings. The van der Waals surface area contributed by atoms with E-state index in [2.05, 4.69) is 10.0 Å². The fourth-order valence-corrected chi connectivity index (χ4v) is 1.32. The summed E-state index contributed by atoms with van der Waals surface area (Å²) in [4.78, 5) is 9.38. The number of hydrogen-bond donors (Lipinski definition) is 0. The molecule has 4 heteroatoms. The van der Waals surface area contributed by atoms with Crippen LogP contribution in [0.15, 0.2) is 41.1 Å². The molecular formula is C11H11NO3. The first-order valence-electron chi connectivity index (χ1n) is 4.56. The molecule has 1 heterocycles. The molecule has 0 atom stereocenters. The zero-order valence-electron chi connectivity index (χ0n) is 8.34. The SMILES string of the molecule is COOCc1conc1-c1ccccc1. The van der Waals surface area contributed by atoms with Gasteiger partial charge in [0.05, 0.1) is 7.11 Å². The van der Waals surface area contributed by atoms with Gasteiger partial charge in [0.2, 0.25) is 0 Å². The fraction of sp³-hybridized carbons (Fsp3) is 0.182. The largest absolute Gasteiger partial charge is 0.364 e. The van der Waals surface area contributed by atoms with Crippen LogP contribution in [0.1, 0.15) is 5.56 Å². The quantitative estimate of drug-likeness (QED) is 0.568. The Labute approximate surface area is 87.3 Å². The van der Waals surface area contributed by atoms with Crippen LogP contribution in [-0.4, -0.2) is 12.3 Å². The molecule has 0 bridgehead atoms. The predicted molar refractivity (Wildman–Crippen MR) is 53.7 cm³/mol. The van der Waals surface area contributed by atoms with E-state index < -0.39 is 0 Å². The summed E-state index contributed by atoms with van der Waals surface area (Å²) in [7, 11) is 1.47. The van der Waals surface area contributed by atoms with Crippen molar-refractivity contribution >= 4 is 0 Å². The number of hydrogen-bond acceptors (Lipinski definition) is 4. The molecule has 15 heavy (non-hydrogen) atoms. The van der Waals surface area contributed by atoms with Gasteiger partial charge in [-0.1, -0.05) is 35.5 Å². The van der Waals surface area contributed by atoms with E-state index in [9.17, 15) is 0 Å². The molecule has 0 amide bonds. The molecule has 78 valence electrons. The molecular weight excluding hydrogens is 194 g/mol. The Morgan fingerprint density at radius 3 is 2.80 bits per heavy atom. The first kappa shape index (κ1) is 9.89. The third-order valence-corrected chi connectivity index (χ3v) is 2.02. The van der Waals surface area contributed by atoms with Gasteiger partial charge in [0.1, 0.15) is 18.6 Å². The van der Waals surface area contributed by atoms with Gasteiger partial charge in [-0.3, -0.25) is 0 Å². The molecule has 0 spiro atoms. The maximum Gasteiger partial charge on any atom is 0.130 e. The fourth-order valence-electron chi connectivity index (χ4n) is 1.32. The second-order valence-electron chi connectivity index (χ2n) is 2.98. The van der Waals surface area contributed by atoms with Gasteiger partial charge in [0.15, 0.2) is 0 Å². The Bertz CT molecular complexity index is 411. The van der Waals surface area contributed by atoms with Crippen molar-refractivity contribution < 1.29 is 14.3 Å². The summed E-state index contributed by atoms with van der Waals surface area (Å²) in [6.07, 6.45) is 1.56. The lowest BCUT2D eigenvalue weighted by Crippen LogP contribution is -1.92. The maximum absolute atomic E-state index is 4.91. The highest BCUT2D eigenvalue weighted by Gasteiger charge is 2.09. The van der Waals surface area contributed by atoms with Crippen LogP contribution >= 0.6 is 0 Å².